The number of hydrogen-bond donors (Lipinski definition) is 1. The number of benzene rings is 1. The number of nitro benzene ring substituents is 1. The van der Waals surface area contributed by atoms with Crippen molar-refractivity contribution in [1.82, 2.24) is 10.2 Å². The molecule has 11 nitrogen and oxygen atoms in total. The highest BCUT2D eigenvalue weighted by Gasteiger charge is 2.57. The number of non-ortho nitro benzene ring substituents is 1. The molecule has 1 atom stereocenters. The molecule has 0 aromatic heterocycles. The number of nitro groups is 1. The van der Waals surface area contributed by atoms with Gasteiger partial charge in [-0.05, 0) is 31.9 Å². The van der Waals surface area contributed by atoms with Crippen LogP contribution in [-0.4, -0.2) is 67.3 Å². The highest BCUT2D eigenvalue weighted by atomic mass is 16.7. The summed E-state index contributed by atoms with van der Waals surface area (Å²) >= 11 is 0. The Balaban J connectivity index is 2.12. The Bertz CT molecular complexity index is 899. The van der Waals surface area contributed by atoms with Crippen molar-refractivity contribution in [2.45, 2.75) is 32.6 Å². The van der Waals surface area contributed by atoms with E-state index in [-0.39, 0.29) is 25.2 Å². The van der Waals surface area contributed by atoms with E-state index < -0.39 is 40.5 Å². The fourth-order valence-electron chi connectivity index (χ4n) is 3.98. The highest BCUT2D eigenvalue weighted by Crippen LogP contribution is 2.41. The minimum absolute atomic E-state index is 0.0256. The van der Waals surface area contributed by atoms with E-state index in [0.29, 0.717) is 11.3 Å². The lowest BCUT2D eigenvalue weighted by atomic mass is 9.74. The summed E-state index contributed by atoms with van der Waals surface area (Å²) < 4.78 is 10.5. The van der Waals surface area contributed by atoms with Gasteiger partial charge in [0.25, 0.3) is 5.69 Å². The van der Waals surface area contributed by atoms with Crippen molar-refractivity contribution in [2.75, 3.05) is 32.2 Å². The molecule has 1 aromatic rings. The van der Waals surface area contributed by atoms with Gasteiger partial charge in [-0.2, -0.15) is 0 Å². The van der Waals surface area contributed by atoms with Gasteiger partial charge in [-0.3, -0.25) is 29.9 Å². The van der Waals surface area contributed by atoms with Gasteiger partial charge in [0.1, 0.15) is 5.41 Å². The molecular weight excluding hydrogens is 396 g/mol. The molecule has 162 valence electrons. The zero-order valence-corrected chi connectivity index (χ0v) is 17.2. The number of ether oxygens (including phenoxy) is 2. The molecule has 2 heterocycles. The van der Waals surface area contributed by atoms with E-state index in [1.165, 1.54) is 26.4 Å². The van der Waals surface area contributed by atoms with Crippen LogP contribution in [0.5, 0.6) is 0 Å². The molecule has 0 radical (unpaired) electrons. The van der Waals surface area contributed by atoms with Gasteiger partial charge in [-0.1, -0.05) is 0 Å². The third-order valence-electron chi connectivity index (χ3n) is 5.48. The SMILES string of the molecule is COC(CN1CC2(Cc3cc([N+](=O)[O-])ccc31)C(=O)NC(=O)N(C(C)C)C2=O)OC. The highest BCUT2D eigenvalue weighted by molar-refractivity contribution is 6.20. The molecule has 2 aliphatic heterocycles. The lowest BCUT2D eigenvalue weighted by Gasteiger charge is -2.47. The number of carbonyl (C=O) groups excluding carboxylic acids is 3. The van der Waals surface area contributed by atoms with E-state index in [0.717, 1.165) is 4.90 Å². The van der Waals surface area contributed by atoms with E-state index in [9.17, 15) is 24.5 Å². The molecule has 3 rings (SSSR count). The first kappa shape index (κ1) is 21.7. The monoisotopic (exact) mass is 420 g/mol. The molecule has 0 aliphatic carbocycles. The van der Waals surface area contributed by atoms with Crippen molar-refractivity contribution < 1.29 is 28.8 Å². The average Bonchev–Trinajstić information content (AvgIpc) is 2.69. The number of fused-ring (bicyclic) bond motifs is 1. The van der Waals surface area contributed by atoms with Crippen LogP contribution in [0.3, 0.4) is 0 Å². The number of anilines is 1. The minimum atomic E-state index is -1.60. The molecule has 1 fully saturated rings. The summed E-state index contributed by atoms with van der Waals surface area (Å²) in [5.41, 5.74) is -0.657. The first-order valence-electron chi connectivity index (χ1n) is 9.41. The van der Waals surface area contributed by atoms with Crippen LogP contribution in [-0.2, 0) is 25.5 Å². The summed E-state index contributed by atoms with van der Waals surface area (Å²) in [7, 11) is 2.92. The third-order valence-corrected chi connectivity index (χ3v) is 5.48. The fourth-order valence-corrected chi connectivity index (χ4v) is 3.98. The van der Waals surface area contributed by atoms with Gasteiger partial charge in [0.15, 0.2) is 6.29 Å². The van der Waals surface area contributed by atoms with Crippen molar-refractivity contribution in [1.29, 1.82) is 0 Å². The first-order valence-corrected chi connectivity index (χ1v) is 9.41. The van der Waals surface area contributed by atoms with Crippen LogP contribution in [0.4, 0.5) is 16.2 Å². The Labute approximate surface area is 173 Å². The predicted octanol–water partition coefficient (Wildman–Crippen LogP) is 1.05. The van der Waals surface area contributed by atoms with Crippen molar-refractivity contribution in [3.05, 3.63) is 33.9 Å². The Kier molecular flexibility index (Phi) is 5.77. The Morgan fingerprint density at radius 1 is 1.23 bits per heavy atom. The average molecular weight is 420 g/mol. The van der Waals surface area contributed by atoms with Crippen LogP contribution >= 0.6 is 0 Å². The van der Waals surface area contributed by atoms with Gasteiger partial charge in [0.05, 0.1) is 11.5 Å². The van der Waals surface area contributed by atoms with E-state index in [4.69, 9.17) is 9.47 Å². The number of carbonyl (C=O) groups is 3. The standard InChI is InChI=1S/C19H24N4O7/c1-11(2)22-17(25)19(16(24)20-18(22)26)8-12-7-13(23(27)28)5-6-14(12)21(10-19)9-15(29-3)30-4/h5-7,11,15H,8-10H2,1-4H3,(H,20,24,26). The topological polar surface area (TPSA) is 131 Å². The van der Waals surface area contributed by atoms with Crippen molar-refractivity contribution in [2.24, 2.45) is 5.41 Å². The van der Waals surface area contributed by atoms with Gasteiger partial charge >= 0.3 is 6.03 Å². The van der Waals surface area contributed by atoms with Crippen LogP contribution in [0.2, 0.25) is 0 Å². The quantitative estimate of drug-likeness (QED) is 0.313. The van der Waals surface area contributed by atoms with Crippen LogP contribution in [0.15, 0.2) is 18.2 Å². The lowest BCUT2D eigenvalue weighted by Crippen LogP contribution is -2.69. The van der Waals surface area contributed by atoms with Crippen LogP contribution in [0.1, 0.15) is 19.4 Å². The van der Waals surface area contributed by atoms with Crippen LogP contribution in [0, 0.1) is 15.5 Å². The normalized spacial score (nSPS) is 21.5. The second kappa shape index (κ2) is 8.00. The lowest BCUT2D eigenvalue weighted by molar-refractivity contribution is -0.384. The van der Waals surface area contributed by atoms with E-state index >= 15 is 0 Å². The van der Waals surface area contributed by atoms with Crippen molar-refractivity contribution >= 4 is 29.2 Å². The molecule has 2 aliphatic rings. The number of nitrogens with zero attached hydrogens (tertiary/aromatic N) is 3. The number of methoxy groups -OCH3 is 2. The van der Waals surface area contributed by atoms with Crippen molar-refractivity contribution in [3.8, 4) is 0 Å². The van der Waals surface area contributed by atoms with Gasteiger partial charge < -0.3 is 14.4 Å². The molecule has 30 heavy (non-hydrogen) atoms. The van der Waals surface area contributed by atoms with Crippen LogP contribution < -0.4 is 10.2 Å². The number of hydrogen-bond acceptors (Lipinski definition) is 8. The second-order valence-corrected chi connectivity index (χ2v) is 7.64. The maximum absolute atomic E-state index is 13.4. The molecule has 1 spiro atoms. The van der Waals surface area contributed by atoms with Gasteiger partial charge in [0, 0.05) is 44.6 Å². The minimum Gasteiger partial charge on any atom is -0.365 e. The summed E-state index contributed by atoms with van der Waals surface area (Å²) in [4.78, 5) is 52.1. The zero-order valence-electron chi connectivity index (χ0n) is 17.2. The number of imide groups is 2. The second-order valence-electron chi connectivity index (χ2n) is 7.64. The summed E-state index contributed by atoms with van der Waals surface area (Å²) in [6, 6.07) is 3.07. The summed E-state index contributed by atoms with van der Waals surface area (Å²) in [6.07, 6.45) is -0.723. The maximum atomic E-state index is 13.4. The molecule has 1 aromatic carbocycles. The number of barbiturate groups is 1. The van der Waals surface area contributed by atoms with Gasteiger partial charge in [-0.25, -0.2) is 4.79 Å². The number of urea groups is 1. The summed E-state index contributed by atoms with van der Waals surface area (Å²) in [5.74, 6) is -1.34. The smallest absolute Gasteiger partial charge is 0.331 e. The van der Waals surface area contributed by atoms with Crippen LogP contribution in [0.25, 0.3) is 0 Å². The molecule has 1 unspecified atom stereocenters. The van der Waals surface area contributed by atoms with Gasteiger partial charge in [0.2, 0.25) is 11.8 Å². The number of rotatable bonds is 6. The Hall–Kier alpha value is -3.05. The molecule has 0 saturated carbocycles. The Morgan fingerprint density at radius 2 is 1.90 bits per heavy atom. The van der Waals surface area contributed by atoms with E-state index in [1.807, 2.05) is 0 Å². The van der Waals surface area contributed by atoms with E-state index in [2.05, 4.69) is 5.32 Å². The third kappa shape index (κ3) is 3.50. The molecule has 1 N–H and O–H groups in total. The largest absolute Gasteiger partial charge is 0.365 e. The van der Waals surface area contributed by atoms with Crippen molar-refractivity contribution in [3.63, 3.8) is 0 Å². The molecule has 4 amide bonds. The van der Waals surface area contributed by atoms with E-state index in [1.54, 1.807) is 24.8 Å². The molecule has 1 saturated heterocycles. The molecule has 0 bridgehead atoms. The zero-order chi connectivity index (χ0) is 22.2. The Morgan fingerprint density at radius 3 is 2.47 bits per heavy atom. The summed E-state index contributed by atoms with van der Waals surface area (Å²) in [5, 5.41) is 13.5. The fraction of sp³-hybridized carbons (Fsp3) is 0.526. The molecular formula is C19H24N4O7. The number of amides is 4. The first-order chi connectivity index (χ1) is 14.1. The van der Waals surface area contributed by atoms with Gasteiger partial charge in [-0.15, -0.1) is 0 Å². The summed E-state index contributed by atoms with van der Waals surface area (Å²) in [6.45, 7) is 3.50. The maximum Gasteiger partial charge on any atom is 0.331 e. The molecule has 11 heteroatoms. The predicted molar refractivity (Wildman–Crippen MR) is 105 cm³/mol. The number of nitrogens with one attached hydrogen (secondary N) is 1.